The number of hydrogen-bond acceptors (Lipinski definition) is 6. The Bertz CT molecular complexity index is 726. The number of hydrogen-bond donors (Lipinski definition) is 2. The molecule has 1 aromatic carbocycles. The summed E-state index contributed by atoms with van der Waals surface area (Å²) < 4.78 is 5.00. The Hall–Kier alpha value is -2.41. The maximum Gasteiger partial charge on any atom is 0.315 e. The molecule has 0 aliphatic carbocycles. The minimum Gasteiger partial charge on any atom is -0.381 e. The van der Waals surface area contributed by atoms with E-state index in [0.717, 1.165) is 31.6 Å². The minimum atomic E-state index is -0.355. The van der Waals surface area contributed by atoms with Crippen molar-refractivity contribution in [1.82, 2.24) is 20.4 Å². The predicted octanol–water partition coefficient (Wildman–Crippen LogP) is 2.63. The molecule has 7 heteroatoms. The fourth-order valence-corrected chi connectivity index (χ4v) is 3.23. The topological polar surface area (TPSA) is 83.3 Å². The van der Waals surface area contributed by atoms with Crippen molar-refractivity contribution in [2.45, 2.75) is 45.2 Å². The van der Waals surface area contributed by atoms with Gasteiger partial charge in [0.2, 0.25) is 0 Å². The van der Waals surface area contributed by atoms with Crippen LogP contribution in [-0.2, 0) is 6.54 Å². The number of nitrogens with one attached hydrogen (secondary N) is 2. The van der Waals surface area contributed by atoms with Gasteiger partial charge in [-0.25, -0.2) is 0 Å². The number of amides is 1. The monoisotopic (exact) mass is 357 g/mol. The maximum absolute atomic E-state index is 11.5. The number of nitrogens with zero attached hydrogens (tertiary/aromatic N) is 3. The van der Waals surface area contributed by atoms with Crippen molar-refractivity contribution in [2.24, 2.45) is 0 Å². The molecule has 0 saturated carbocycles. The van der Waals surface area contributed by atoms with Gasteiger partial charge < -0.3 is 15.2 Å². The molecule has 1 aliphatic heterocycles. The Morgan fingerprint density at radius 3 is 2.81 bits per heavy atom. The van der Waals surface area contributed by atoms with Crippen LogP contribution in [0, 0.1) is 0 Å². The Morgan fingerprint density at radius 1 is 1.35 bits per heavy atom. The molecule has 2 heterocycles. The van der Waals surface area contributed by atoms with Gasteiger partial charge >= 0.3 is 11.8 Å². The molecule has 3 rings (SSSR count). The molecule has 0 radical (unpaired) electrons. The smallest absolute Gasteiger partial charge is 0.315 e. The van der Waals surface area contributed by atoms with E-state index in [1.165, 1.54) is 5.56 Å². The van der Waals surface area contributed by atoms with Crippen molar-refractivity contribution < 1.29 is 9.32 Å². The number of benzene rings is 1. The highest BCUT2D eigenvalue weighted by molar-refractivity contribution is 5.89. The van der Waals surface area contributed by atoms with Gasteiger partial charge in [0.05, 0.1) is 6.54 Å². The van der Waals surface area contributed by atoms with Gasteiger partial charge in [0, 0.05) is 25.3 Å². The molecule has 1 fully saturated rings. The van der Waals surface area contributed by atoms with Crippen LogP contribution in [-0.4, -0.2) is 47.1 Å². The lowest BCUT2D eigenvalue weighted by molar-refractivity contribution is 0.0919. The normalized spacial score (nSPS) is 18.1. The number of anilines is 1. The molecule has 1 aromatic heterocycles. The van der Waals surface area contributed by atoms with E-state index in [2.05, 4.69) is 63.8 Å². The van der Waals surface area contributed by atoms with Gasteiger partial charge in [-0.05, 0) is 43.0 Å². The second kappa shape index (κ2) is 8.31. The van der Waals surface area contributed by atoms with Crippen molar-refractivity contribution >= 4 is 11.6 Å². The van der Waals surface area contributed by atoms with E-state index in [4.69, 9.17) is 4.52 Å². The van der Waals surface area contributed by atoms with E-state index >= 15 is 0 Å². The molecule has 0 spiro atoms. The quantitative estimate of drug-likeness (QED) is 0.827. The standard InChI is InChI=1S/C19H27N5O2/c1-13(2)14-6-8-15(9-7-14)21-16-5-4-10-24(11-16)12-17-22-19(26-23-17)18(25)20-3/h6-9,13,16,21H,4-5,10-12H2,1-3H3,(H,20,25)/t16-/m0/s1. The van der Waals surface area contributed by atoms with Crippen LogP contribution < -0.4 is 10.6 Å². The van der Waals surface area contributed by atoms with Crippen LogP contribution in [0.4, 0.5) is 5.69 Å². The third-order valence-corrected chi connectivity index (χ3v) is 4.71. The van der Waals surface area contributed by atoms with Gasteiger partial charge in [-0.1, -0.05) is 31.1 Å². The Labute approximate surface area is 154 Å². The highest BCUT2D eigenvalue weighted by Crippen LogP contribution is 2.20. The van der Waals surface area contributed by atoms with Crippen molar-refractivity contribution in [3.63, 3.8) is 0 Å². The third-order valence-electron chi connectivity index (χ3n) is 4.71. The number of aromatic nitrogens is 2. The molecule has 0 unspecified atom stereocenters. The zero-order valence-corrected chi connectivity index (χ0v) is 15.7. The molecule has 0 bridgehead atoms. The van der Waals surface area contributed by atoms with Crippen LogP contribution in [0.15, 0.2) is 28.8 Å². The molecule has 2 N–H and O–H groups in total. The summed E-state index contributed by atoms with van der Waals surface area (Å²) >= 11 is 0. The van der Waals surface area contributed by atoms with Gasteiger partial charge in [0.1, 0.15) is 0 Å². The van der Waals surface area contributed by atoms with Gasteiger partial charge in [-0.15, -0.1) is 0 Å². The first kappa shape index (κ1) is 18.4. The van der Waals surface area contributed by atoms with Gasteiger partial charge in [-0.3, -0.25) is 9.69 Å². The minimum absolute atomic E-state index is 0.0134. The summed E-state index contributed by atoms with van der Waals surface area (Å²) in [5, 5.41) is 10.0. The Balaban J connectivity index is 1.55. The first-order valence-corrected chi connectivity index (χ1v) is 9.18. The van der Waals surface area contributed by atoms with Crippen molar-refractivity contribution in [3.8, 4) is 0 Å². The molecule has 1 amide bonds. The molecular formula is C19H27N5O2. The van der Waals surface area contributed by atoms with Crippen LogP contribution in [0.3, 0.4) is 0 Å². The number of piperidine rings is 1. The molecule has 1 atom stereocenters. The summed E-state index contributed by atoms with van der Waals surface area (Å²) in [5.74, 6) is 0.751. The fraction of sp³-hybridized carbons (Fsp3) is 0.526. The summed E-state index contributed by atoms with van der Waals surface area (Å²) in [6.45, 7) is 6.90. The van der Waals surface area contributed by atoms with Crippen LogP contribution in [0.2, 0.25) is 0 Å². The zero-order chi connectivity index (χ0) is 18.5. The zero-order valence-electron chi connectivity index (χ0n) is 15.7. The fourth-order valence-electron chi connectivity index (χ4n) is 3.23. The summed E-state index contributed by atoms with van der Waals surface area (Å²) in [6, 6.07) is 9.08. The lowest BCUT2D eigenvalue weighted by Gasteiger charge is -2.32. The molecule has 26 heavy (non-hydrogen) atoms. The summed E-state index contributed by atoms with van der Waals surface area (Å²) in [6.07, 6.45) is 2.25. The molecule has 7 nitrogen and oxygen atoms in total. The van der Waals surface area contributed by atoms with Crippen LogP contribution in [0.1, 0.15) is 54.7 Å². The van der Waals surface area contributed by atoms with E-state index in [0.29, 0.717) is 24.3 Å². The van der Waals surface area contributed by atoms with E-state index < -0.39 is 0 Å². The van der Waals surface area contributed by atoms with Gasteiger partial charge in [0.25, 0.3) is 0 Å². The van der Waals surface area contributed by atoms with E-state index in [-0.39, 0.29) is 11.8 Å². The van der Waals surface area contributed by atoms with Crippen molar-refractivity contribution in [1.29, 1.82) is 0 Å². The SMILES string of the molecule is CNC(=O)c1nc(CN2CCC[C@H](Nc3ccc(C(C)C)cc3)C2)no1. The number of likely N-dealkylation sites (tertiary alicyclic amines) is 1. The lowest BCUT2D eigenvalue weighted by atomic mass is 10.0. The summed E-state index contributed by atoms with van der Waals surface area (Å²) in [7, 11) is 1.54. The van der Waals surface area contributed by atoms with Gasteiger partial charge in [-0.2, -0.15) is 4.98 Å². The molecular weight excluding hydrogens is 330 g/mol. The predicted molar refractivity (Wildman–Crippen MR) is 100 cm³/mol. The first-order chi connectivity index (χ1) is 12.5. The number of carbonyl (C=O) groups excluding carboxylic acids is 1. The first-order valence-electron chi connectivity index (χ1n) is 9.18. The van der Waals surface area contributed by atoms with E-state index in [1.54, 1.807) is 7.05 Å². The van der Waals surface area contributed by atoms with E-state index in [9.17, 15) is 4.79 Å². The second-order valence-corrected chi connectivity index (χ2v) is 7.09. The number of carbonyl (C=O) groups is 1. The third kappa shape index (κ3) is 4.60. The van der Waals surface area contributed by atoms with E-state index in [1.807, 2.05) is 0 Å². The highest BCUT2D eigenvalue weighted by atomic mass is 16.5. The molecule has 1 aliphatic rings. The number of rotatable bonds is 6. The lowest BCUT2D eigenvalue weighted by Crippen LogP contribution is -2.41. The van der Waals surface area contributed by atoms with Crippen LogP contribution >= 0.6 is 0 Å². The van der Waals surface area contributed by atoms with Crippen molar-refractivity contribution in [3.05, 3.63) is 41.5 Å². The van der Waals surface area contributed by atoms with Crippen LogP contribution in [0.25, 0.3) is 0 Å². The average molecular weight is 357 g/mol. The summed E-state index contributed by atoms with van der Waals surface area (Å²) in [5.41, 5.74) is 2.51. The molecule has 140 valence electrons. The molecule has 2 aromatic rings. The largest absolute Gasteiger partial charge is 0.381 e. The Morgan fingerprint density at radius 2 is 2.12 bits per heavy atom. The molecule has 1 saturated heterocycles. The maximum atomic E-state index is 11.5. The second-order valence-electron chi connectivity index (χ2n) is 7.09. The average Bonchev–Trinajstić information content (AvgIpc) is 3.10. The van der Waals surface area contributed by atoms with Crippen LogP contribution in [0.5, 0.6) is 0 Å². The summed E-state index contributed by atoms with van der Waals surface area (Å²) in [4.78, 5) is 18.0. The highest BCUT2D eigenvalue weighted by Gasteiger charge is 2.22. The Kier molecular flexibility index (Phi) is 5.88. The van der Waals surface area contributed by atoms with Gasteiger partial charge in [0.15, 0.2) is 5.82 Å². The van der Waals surface area contributed by atoms with Crippen molar-refractivity contribution in [2.75, 3.05) is 25.5 Å².